The maximum atomic E-state index is 14.5. The molecule has 85 heavy (non-hydrogen) atoms. The summed E-state index contributed by atoms with van der Waals surface area (Å²) in [6.45, 7) is 25.3. The summed E-state index contributed by atoms with van der Waals surface area (Å²) in [6, 6.07) is 2.88. The van der Waals surface area contributed by atoms with Gasteiger partial charge in [-0.15, -0.1) is 0 Å². The van der Waals surface area contributed by atoms with E-state index in [2.05, 4.69) is 66.9 Å². The van der Waals surface area contributed by atoms with E-state index in [1.165, 1.54) is 47.1 Å². The summed E-state index contributed by atoms with van der Waals surface area (Å²) in [5.41, 5.74) is -2.26. The van der Waals surface area contributed by atoms with E-state index < -0.39 is 94.1 Å². The van der Waals surface area contributed by atoms with E-state index in [0.29, 0.717) is 51.6 Å². The molecule has 1 aromatic rings. The van der Waals surface area contributed by atoms with Crippen molar-refractivity contribution in [2.75, 3.05) is 33.7 Å². The van der Waals surface area contributed by atoms with E-state index in [-0.39, 0.29) is 73.8 Å². The molecule has 7 atom stereocenters. The first-order valence-electron chi connectivity index (χ1n) is 31.5. The third-order valence-corrected chi connectivity index (χ3v) is 15.7. The highest BCUT2D eigenvalue weighted by Crippen LogP contribution is 2.30. The Labute approximate surface area is 508 Å². The smallest absolute Gasteiger partial charge is 0.246 e. The van der Waals surface area contributed by atoms with Crippen LogP contribution < -0.4 is 47.9 Å². The standard InChI is InChI=1S/C64H109N11O10/c1-17-18-19-20-21-22-28-47(67-57(81)51-29-25-34-75(51)58(82)46-31-30-44-26-23-24-27-45(44)38-46)53(77)68-49(36-41(4)5)55(79)71-63(11,12)60(84)70-48(35-40(2)3)54(78)69-50(37-42(6)7)56(80)72-64(13,14)61(85)73-62(9,10)59(83)65-33-32-52(76)66-43(8)39-74(15)16/h23-24,26-27,40-43,46-51H,17-22,25,28-39H2,1-16H3,(H,65,83)(H,66,76)(H,67,81)(H,68,77)(H,69,78)(H,70,84)(H,71,79)(H,72,80)(H,73,85)/t43-,46?,47?,48-,49-,50-,51-/m0/s1. The van der Waals surface area contributed by atoms with E-state index in [4.69, 9.17) is 0 Å². The van der Waals surface area contributed by atoms with Crippen LogP contribution >= 0.6 is 0 Å². The molecule has 0 bridgehead atoms. The van der Waals surface area contributed by atoms with Crippen LogP contribution in [0.15, 0.2) is 24.3 Å². The lowest BCUT2D eigenvalue weighted by atomic mass is 9.83. The van der Waals surface area contributed by atoms with E-state index in [9.17, 15) is 47.9 Å². The van der Waals surface area contributed by atoms with E-state index in [1.807, 2.05) is 79.6 Å². The van der Waals surface area contributed by atoms with Gasteiger partial charge < -0.3 is 57.7 Å². The number of aryl methyl sites for hydroxylation is 1. The first kappa shape index (κ1) is 73.1. The fourth-order valence-corrected chi connectivity index (χ4v) is 11.0. The fourth-order valence-electron chi connectivity index (χ4n) is 11.0. The van der Waals surface area contributed by atoms with E-state index in [1.54, 1.807) is 4.90 Å². The average molecular weight is 1190 g/mol. The predicted octanol–water partition coefficient (Wildman–Crippen LogP) is 4.87. The molecule has 21 heteroatoms. The van der Waals surface area contributed by atoms with Crippen LogP contribution in [-0.4, -0.2) is 155 Å². The van der Waals surface area contributed by atoms with Crippen molar-refractivity contribution in [1.29, 1.82) is 0 Å². The molecule has 0 radical (unpaired) electrons. The van der Waals surface area contributed by atoms with Crippen LogP contribution in [0.5, 0.6) is 0 Å². The maximum absolute atomic E-state index is 14.5. The Kier molecular flexibility index (Phi) is 29.5. The van der Waals surface area contributed by atoms with E-state index in [0.717, 1.165) is 44.1 Å². The van der Waals surface area contributed by atoms with Gasteiger partial charge in [-0.25, -0.2) is 0 Å². The van der Waals surface area contributed by atoms with Crippen molar-refractivity contribution >= 4 is 59.1 Å². The quantitative estimate of drug-likeness (QED) is 0.0414. The fraction of sp³-hybridized carbons (Fsp3) is 0.750. The zero-order valence-electron chi connectivity index (χ0n) is 54.5. The van der Waals surface area contributed by atoms with Gasteiger partial charge in [0.2, 0.25) is 59.1 Å². The SMILES string of the molecule is CCCCCCCCC(NC(=O)[C@@H]1CCCN1C(=O)C1CCc2ccccc2C1)C(=O)N[C@@H](CC(C)C)C(=O)NC(C)(C)C(=O)N[C@@H](CC(C)C)C(=O)N[C@@H](CC(C)C)C(=O)NC(C)(C)C(=O)NC(C)(C)C(=O)NCCC(=O)N[C@@H](C)CN(C)C. The number of hydrogen-bond donors (Lipinski definition) is 9. The van der Waals surface area contributed by atoms with Crippen molar-refractivity contribution < 1.29 is 47.9 Å². The van der Waals surface area contributed by atoms with Gasteiger partial charge in [-0.05, 0) is 149 Å². The van der Waals surface area contributed by atoms with Crippen LogP contribution in [0, 0.1) is 23.7 Å². The van der Waals surface area contributed by atoms with Crippen molar-refractivity contribution in [3.05, 3.63) is 35.4 Å². The van der Waals surface area contributed by atoms with Crippen molar-refractivity contribution in [2.45, 2.75) is 253 Å². The number of carbonyl (C=O) groups is 10. The van der Waals surface area contributed by atoms with Gasteiger partial charge >= 0.3 is 0 Å². The number of carbonyl (C=O) groups excluding carboxylic acids is 10. The summed E-state index contributed by atoms with van der Waals surface area (Å²) in [7, 11) is 3.80. The largest absolute Gasteiger partial charge is 0.354 e. The number of fused-ring (bicyclic) bond motifs is 1. The van der Waals surface area contributed by atoms with Crippen LogP contribution in [0.3, 0.4) is 0 Å². The number of rotatable bonds is 35. The minimum Gasteiger partial charge on any atom is -0.354 e. The summed E-state index contributed by atoms with van der Waals surface area (Å²) in [6.07, 6.45) is 9.80. The minimum atomic E-state index is -1.63. The Morgan fingerprint density at radius 2 is 1.08 bits per heavy atom. The summed E-state index contributed by atoms with van der Waals surface area (Å²) in [4.78, 5) is 143. The predicted molar refractivity (Wildman–Crippen MR) is 331 cm³/mol. The van der Waals surface area contributed by atoms with Crippen molar-refractivity contribution in [3.63, 3.8) is 0 Å². The monoisotopic (exact) mass is 1190 g/mol. The molecule has 1 aliphatic carbocycles. The zero-order valence-corrected chi connectivity index (χ0v) is 54.5. The Morgan fingerprint density at radius 3 is 1.64 bits per heavy atom. The molecule has 0 saturated carbocycles. The Bertz CT molecular complexity index is 2420. The lowest BCUT2D eigenvalue weighted by Gasteiger charge is -2.34. The third kappa shape index (κ3) is 24.6. The van der Waals surface area contributed by atoms with E-state index >= 15 is 0 Å². The van der Waals surface area contributed by atoms with Crippen molar-refractivity contribution in [3.8, 4) is 0 Å². The van der Waals surface area contributed by atoms with Crippen LogP contribution in [0.2, 0.25) is 0 Å². The molecule has 9 N–H and O–H groups in total. The lowest BCUT2D eigenvalue weighted by molar-refractivity contribution is -0.142. The van der Waals surface area contributed by atoms with Crippen LogP contribution in [0.4, 0.5) is 0 Å². The summed E-state index contributed by atoms with van der Waals surface area (Å²) >= 11 is 0. The van der Waals surface area contributed by atoms with Gasteiger partial charge in [0.25, 0.3) is 0 Å². The van der Waals surface area contributed by atoms with Gasteiger partial charge in [0.05, 0.1) is 0 Å². The van der Waals surface area contributed by atoms with Crippen LogP contribution in [0.1, 0.15) is 198 Å². The lowest BCUT2D eigenvalue weighted by Crippen LogP contribution is -2.65. The average Bonchev–Trinajstić information content (AvgIpc) is 4.20. The molecular formula is C64H109N11O10. The molecule has 1 heterocycles. The highest BCUT2D eigenvalue weighted by atomic mass is 16.2. The van der Waals surface area contributed by atoms with Gasteiger partial charge in [-0.2, -0.15) is 0 Å². The Hall–Kier alpha value is -6.12. The Morgan fingerprint density at radius 1 is 0.576 bits per heavy atom. The molecule has 3 rings (SSSR count). The normalized spacial score (nSPS) is 17.2. The van der Waals surface area contributed by atoms with Gasteiger partial charge in [-0.3, -0.25) is 47.9 Å². The van der Waals surface area contributed by atoms with Gasteiger partial charge in [0.1, 0.15) is 46.8 Å². The number of likely N-dealkylation sites (tertiary alicyclic amines) is 1. The topological polar surface area (TPSA) is 285 Å². The number of nitrogens with one attached hydrogen (secondary N) is 9. The second kappa shape index (κ2) is 34.3. The summed E-state index contributed by atoms with van der Waals surface area (Å²) in [5.74, 6) is -5.70. The first-order valence-corrected chi connectivity index (χ1v) is 31.5. The zero-order chi connectivity index (χ0) is 64.0. The first-order chi connectivity index (χ1) is 39.7. The number of hydrogen-bond acceptors (Lipinski definition) is 11. The highest BCUT2D eigenvalue weighted by Gasteiger charge is 2.42. The van der Waals surface area contributed by atoms with Crippen molar-refractivity contribution in [1.82, 2.24) is 57.7 Å². The maximum Gasteiger partial charge on any atom is 0.246 e. The molecule has 21 nitrogen and oxygen atoms in total. The second-order valence-electron chi connectivity index (χ2n) is 27.1. The second-order valence-corrected chi connectivity index (χ2v) is 27.1. The highest BCUT2D eigenvalue weighted by molar-refractivity contribution is 6.00. The van der Waals surface area contributed by atoms with Gasteiger partial charge in [0.15, 0.2) is 0 Å². The van der Waals surface area contributed by atoms with Crippen molar-refractivity contribution in [2.24, 2.45) is 23.7 Å². The molecular weight excluding hydrogens is 1080 g/mol. The molecule has 1 fully saturated rings. The molecule has 1 aliphatic heterocycles. The van der Waals surface area contributed by atoms with Crippen LogP contribution in [0.25, 0.3) is 0 Å². The molecule has 2 aliphatic rings. The number of benzene rings is 1. The number of nitrogens with zero attached hydrogens (tertiary/aromatic N) is 2. The third-order valence-electron chi connectivity index (χ3n) is 15.7. The summed E-state index contributed by atoms with van der Waals surface area (Å²) < 4.78 is 0. The molecule has 1 aromatic carbocycles. The molecule has 0 aromatic heterocycles. The molecule has 0 spiro atoms. The number of likely N-dealkylation sites (N-methyl/N-ethyl adjacent to an activating group) is 1. The summed E-state index contributed by atoms with van der Waals surface area (Å²) in [5, 5.41) is 25.4. The molecule has 10 amide bonds. The van der Waals surface area contributed by atoms with Gasteiger partial charge in [0, 0.05) is 38.0 Å². The molecule has 2 unspecified atom stereocenters. The molecule has 1 saturated heterocycles. The Balaban J connectivity index is 1.73. The number of amides is 10. The molecule has 480 valence electrons. The minimum absolute atomic E-state index is 0.0299. The van der Waals surface area contributed by atoms with Gasteiger partial charge in [-0.1, -0.05) is 111 Å². The van der Waals surface area contributed by atoms with Crippen LogP contribution in [-0.2, 0) is 60.8 Å². The number of unbranched alkanes of at least 4 members (excludes halogenated alkanes) is 5.